The van der Waals surface area contributed by atoms with Gasteiger partial charge in [-0.2, -0.15) is 0 Å². The summed E-state index contributed by atoms with van der Waals surface area (Å²) in [5.74, 6) is -7.25. The molecule has 2 saturated carbocycles. The maximum atomic E-state index is 14.2. The zero-order valence-electron chi connectivity index (χ0n) is 41.5. The summed E-state index contributed by atoms with van der Waals surface area (Å²) in [6.07, 6.45) is -18.9. The van der Waals surface area contributed by atoms with Gasteiger partial charge in [0.15, 0.2) is 24.8 Å². The van der Waals surface area contributed by atoms with Crippen LogP contribution in [0.4, 0.5) is 0 Å². The molecule has 422 valence electrons. The summed E-state index contributed by atoms with van der Waals surface area (Å²) < 4.78 is 47.1. The van der Waals surface area contributed by atoms with Crippen LogP contribution in [0.1, 0.15) is 79.1 Å². The number of aromatic amines is 2. The van der Waals surface area contributed by atoms with Gasteiger partial charge in [0.1, 0.15) is 61.6 Å². The minimum atomic E-state index is -1.96. The Morgan fingerprint density at radius 1 is 0.776 bits per heavy atom. The van der Waals surface area contributed by atoms with Crippen molar-refractivity contribution < 1.29 is 102 Å². The van der Waals surface area contributed by atoms with Crippen LogP contribution in [0.25, 0.3) is 0 Å². The number of rotatable bonds is 25. The van der Waals surface area contributed by atoms with E-state index < -0.39 is 170 Å². The second kappa shape index (κ2) is 28.6. The Morgan fingerprint density at radius 3 is 2.14 bits per heavy atom. The molecule has 3 amide bonds. The molecule has 2 aliphatic heterocycles. The Kier molecular flexibility index (Phi) is 22.4. The van der Waals surface area contributed by atoms with Crippen molar-refractivity contribution in [2.75, 3.05) is 46.1 Å². The SMILES string of the molecule is CC1OC(OC2C(NC(=O)c3cc(=O)[nH]c(=O)[nH]3)CC(C(=O)NCCNC(=O)COCCOCC(=O)O)CC2OC2OC(CO)C(O)C(O[C@@H](CC3CCCCC3)C(=O)O)C2OC(=O)c2ccccc2)C(O)C(O)C1O. The fraction of sp³-hybridized carbons (Fsp3) is 0.667. The van der Waals surface area contributed by atoms with Crippen LogP contribution in [0.15, 0.2) is 46.0 Å². The smallest absolute Gasteiger partial charge is 0.338 e. The lowest BCUT2D eigenvalue weighted by Gasteiger charge is -2.48. The maximum Gasteiger partial charge on any atom is 0.338 e. The molecule has 6 rings (SSSR count). The first-order valence-corrected chi connectivity index (χ1v) is 25.0. The highest BCUT2D eigenvalue weighted by Gasteiger charge is 2.54. The standard InChI is InChI=1S/C48H67N5O23/c1-23-35(59)37(61)38(62)46(71-23)76-39-27(51-43(64)28-19-32(55)53-48(68)52-28)17-26(42(63)50-13-12-49-33(56)21-69-14-15-70-22-34(57)58)18-29(39)73-47-41(75-45(67)25-10-6-3-7-11-25)40(36(60)31(20-54)74-47)72-30(44(65)66)16-24-8-4-2-5-9-24/h3,6-7,10-11,19,23-24,26-27,29-31,35-41,46-47,54,59-62H,2,4-5,8-9,12-18,20-22H2,1H3,(H,49,56)(H,50,63)(H,51,64)(H,57,58)(H,65,66)(H2,52,53,55,68)/t23?,26?,27?,29?,30-,31?,35?,36?,37?,38?,39?,40?,41?,46?,47?/m0/s1. The number of H-pyrrole nitrogens is 2. The molecule has 2 aromatic rings. The van der Waals surface area contributed by atoms with Crippen LogP contribution in [0, 0.1) is 11.8 Å². The van der Waals surface area contributed by atoms with Crippen molar-refractivity contribution in [3.63, 3.8) is 0 Å². The van der Waals surface area contributed by atoms with E-state index in [1.54, 1.807) is 6.07 Å². The van der Waals surface area contributed by atoms with Gasteiger partial charge >= 0.3 is 23.6 Å². The third-order valence-corrected chi connectivity index (χ3v) is 13.4. The number of carboxylic acids is 2. The second-order valence-electron chi connectivity index (χ2n) is 19.0. The minimum Gasteiger partial charge on any atom is -0.480 e. The lowest BCUT2D eigenvalue weighted by atomic mass is 9.80. The number of aliphatic hydroxyl groups is 5. The molecular formula is C48H67N5O23. The predicted octanol–water partition coefficient (Wildman–Crippen LogP) is -3.37. The Morgan fingerprint density at radius 2 is 1.47 bits per heavy atom. The minimum absolute atomic E-state index is 0.00321. The van der Waals surface area contributed by atoms with Gasteiger partial charge in [0.05, 0.1) is 43.6 Å². The number of amides is 3. The average molecular weight is 1080 g/mol. The summed E-state index contributed by atoms with van der Waals surface area (Å²) >= 11 is 0. The number of hydrogen-bond donors (Lipinski definition) is 12. The number of esters is 1. The zero-order chi connectivity index (χ0) is 55.1. The second-order valence-corrected chi connectivity index (χ2v) is 19.0. The fourth-order valence-corrected chi connectivity index (χ4v) is 9.52. The number of benzene rings is 1. The fourth-order valence-electron chi connectivity index (χ4n) is 9.52. The number of carbonyl (C=O) groups excluding carboxylic acids is 4. The third-order valence-electron chi connectivity index (χ3n) is 13.4. The van der Waals surface area contributed by atoms with Crippen LogP contribution in [-0.4, -0.2) is 213 Å². The van der Waals surface area contributed by atoms with E-state index in [1.807, 2.05) is 4.98 Å². The average Bonchev–Trinajstić information content (AvgIpc) is 3.39. The summed E-state index contributed by atoms with van der Waals surface area (Å²) in [6, 6.07) is 6.84. The molecule has 1 aromatic heterocycles. The van der Waals surface area contributed by atoms with Gasteiger partial charge in [0.2, 0.25) is 11.8 Å². The highest BCUT2D eigenvalue weighted by atomic mass is 16.7. The molecule has 4 aliphatic rings. The van der Waals surface area contributed by atoms with Gasteiger partial charge in [-0.15, -0.1) is 0 Å². The first-order chi connectivity index (χ1) is 36.3. The van der Waals surface area contributed by atoms with Crippen LogP contribution in [0.3, 0.4) is 0 Å². The van der Waals surface area contributed by atoms with Crippen molar-refractivity contribution in [1.82, 2.24) is 25.9 Å². The summed E-state index contributed by atoms with van der Waals surface area (Å²) in [7, 11) is 0. The van der Waals surface area contributed by atoms with Gasteiger partial charge < -0.3 is 94.6 Å². The highest BCUT2D eigenvalue weighted by Crippen LogP contribution is 2.38. The number of hydrogen-bond acceptors (Lipinski definition) is 21. The molecule has 14 unspecified atom stereocenters. The molecule has 3 heterocycles. The summed E-state index contributed by atoms with van der Waals surface area (Å²) in [4.78, 5) is 107. The molecule has 12 N–H and O–H groups in total. The van der Waals surface area contributed by atoms with E-state index in [4.69, 9.17) is 43.0 Å². The van der Waals surface area contributed by atoms with Crippen molar-refractivity contribution in [2.24, 2.45) is 11.8 Å². The van der Waals surface area contributed by atoms with Crippen LogP contribution in [0.2, 0.25) is 0 Å². The molecule has 15 atom stereocenters. The first kappa shape index (κ1) is 59.5. The molecule has 28 nitrogen and oxygen atoms in total. The van der Waals surface area contributed by atoms with Gasteiger partial charge in [-0.25, -0.2) is 19.2 Å². The van der Waals surface area contributed by atoms with E-state index >= 15 is 0 Å². The van der Waals surface area contributed by atoms with Gasteiger partial charge in [-0.1, -0.05) is 50.3 Å². The number of carboxylic acid groups (broad SMARTS) is 2. The van der Waals surface area contributed by atoms with E-state index in [2.05, 4.69) is 20.9 Å². The lowest BCUT2D eigenvalue weighted by molar-refractivity contribution is -0.347. The van der Waals surface area contributed by atoms with Crippen molar-refractivity contribution in [1.29, 1.82) is 0 Å². The molecule has 0 radical (unpaired) electrons. The molecule has 76 heavy (non-hydrogen) atoms. The summed E-state index contributed by atoms with van der Waals surface area (Å²) in [5.41, 5.74) is -2.56. The van der Waals surface area contributed by atoms with Gasteiger partial charge in [-0.3, -0.25) is 24.2 Å². The normalized spacial score (nSPS) is 30.3. The number of nitrogens with one attached hydrogen (secondary N) is 5. The summed E-state index contributed by atoms with van der Waals surface area (Å²) in [6.45, 7) is -1.02. The topological polar surface area (TPSA) is 420 Å². The molecule has 2 aliphatic carbocycles. The van der Waals surface area contributed by atoms with Crippen molar-refractivity contribution >= 4 is 35.6 Å². The van der Waals surface area contributed by atoms with Crippen LogP contribution < -0.4 is 27.2 Å². The van der Waals surface area contributed by atoms with E-state index in [1.165, 1.54) is 31.2 Å². The number of aliphatic carboxylic acids is 2. The van der Waals surface area contributed by atoms with E-state index in [-0.39, 0.29) is 50.6 Å². The Bertz CT molecular complexity index is 2340. The van der Waals surface area contributed by atoms with Crippen LogP contribution in [-0.2, 0) is 57.1 Å². The zero-order valence-corrected chi connectivity index (χ0v) is 41.5. The van der Waals surface area contributed by atoms with Crippen molar-refractivity contribution in [3.05, 3.63) is 68.5 Å². The molecule has 4 fully saturated rings. The van der Waals surface area contributed by atoms with Crippen molar-refractivity contribution in [2.45, 2.75) is 144 Å². The molecule has 0 spiro atoms. The quantitative estimate of drug-likeness (QED) is 0.0341. The Balaban J connectivity index is 1.34. The molecule has 0 bridgehead atoms. The number of carbonyl (C=O) groups is 6. The lowest BCUT2D eigenvalue weighted by Crippen LogP contribution is -2.65. The van der Waals surface area contributed by atoms with E-state index in [0.717, 1.165) is 25.3 Å². The Hall–Kier alpha value is -5.76. The molecule has 1 aromatic carbocycles. The van der Waals surface area contributed by atoms with E-state index in [0.29, 0.717) is 12.8 Å². The van der Waals surface area contributed by atoms with Crippen LogP contribution in [0.5, 0.6) is 0 Å². The van der Waals surface area contributed by atoms with E-state index in [9.17, 15) is 69.0 Å². The third kappa shape index (κ3) is 16.6. The largest absolute Gasteiger partial charge is 0.480 e. The summed E-state index contributed by atoms with van der Waals surface area (Å²) in [5, 5.41) is 82.0. The molecule has 28 heteroatoms. The maximum absolute atomic E-state index is 14.2. The molecule has 2 saturated heterocycles. The molecular weight excluding hydrogens is 1010 g/mol. The number of aliphatic hydroxyl groups excluding tert-OH is 5. The highest BCUT2D eigenvalue weighted by molar-refractivity contribution is 5.92. The van der Waals surface area contributed by atoms with Gasteiger partial charge in [0.25, 0.3) is 11.5 Å². The Labute approximate surface area is 433 Å². The first-order valence-electron chi connectivity index (χ1n) is 25.0. The van der Waals surface area contributed by atoms with Crippen molar-refractivity contribution in [3.8, 4) is 0 Å². The van der Waals surface area contributed by atoms with Gasteiger partial charge in [0, 0.05) is 25.1 Å². The number of ether oxygens (including phenoxy) is 8. The van der Waals surface area contributed by atoms with Crippen LogP contribution >= 0.6 is 0 Å². The van der Waals surface area contributed by atoms with Gasteiger partial charge in [-0.05, 0) is 44.2 Å². The predicted molar refractivity (Wildman–Crippen MR) is 254 cm³/mol. The monoisotopic (exact) mass is 1080 g/mol. The number of aromatic nitrogens is 2.